The summed E-state index contributed by atoms with van der Waals surface area (Å²) in [4.78, 5) is 0. The number of halogens is 3. The SMILES string of the molecule is CCC(C)c1ccc[c-]1C(c1cc(C)cc(C)c1)c1cc(C)cc(C)c1.[Cl-].[Cl-].[Cl-].[Ti+4]. The maximum Gasteiger partial charge on any atom is 4.00 e. The molecule has 0 N–H and O–H groups in total. The molecule has 0 radical (unpaired) electrons. The molecule has 30 heavy (non-hydrogen) atoms. The topological polar surface area (TPSA) is 0 Å². The Morgan fingerprint density at radius 2 is 1.13 bits per heavy atom. The third-order valence-corrected chi connectivity index (χ3v) is 5.49. The van der Waals surface area contributed by atoms with Crippen LogP contribution in [0.4, 0.5) is 0 Å². The molecule has 0 aliphatic rings. The minimum atomic E-state index is 0. The van der Waals surface area contributed by atoms with Gasteiger partial charge in [0.2, 0.25) is 0 Å². The first-order valence-electron chi connectivity index (χ1n) is 9.81. The Balaban J connectivity index is 0. The maximum absolute atomic E-state index is 2.36. The van der Waals surface area contributed by atoms with Crippen molar-refractivity contribution in [3.8, 4) is 0 Å². The number of rotatable bonds is 5. The largest absolute Gasteiger partial charge is 4.00 e. The van der Waals surface area contributed by atoms with Crippen LogP contribution in [-0.2, 0) is 21.7 Å². The Hall–Kier alpha value is -0.626. The van der Waals surface area contributed by atoms with Crippen LogP contribution in [0.25, 0.3) is 0 Å². The van der Waals surface area contributed by atoms with Crippen LogP contribution in [0.2, 0.25) is 0 Å². The Bertz CT molecular complexity index is 822. The zero-order valence-corrected chi connectivity index (χ0v) is 22.5. The van der Waals surface area contributed by atoms with E-state index in [1.165, 1.54) is 50.9 Å². The summed E-state index contributed by atoms with van der Waals surface area (Å²) in [5.74, 6) is 0.880. The smallest absolute Gasteiger partial charge is 1.00 e. The van der Waals surface area contributed by atoms with E-state index in [-0.39, 0.29) is 58.9 Å². The zero-order chi connectivity index (χ0) is 18.8. The minimum Gasteiger partial charge on any atom is -1.00 e. The van der Waals surface area contributed by atoms with E-state index in [0.717, 1.165) is 0 Å². The number of hydrogen-bond acceptors (Lipinski definition) is 0. The van der Waals surface area contributed by atoms with Crippen molar-refractivity contribution in [2.75, 3.05) is 0 Å². The number of benzene rings is 2. The Morgan fingerprint density at radius 1 is 0.733 bits per heavy atom. The van der Waals surface area contributed by atoms with Gasteiger partial charge in [0, 0.05) is 0 Å². The van der Waals surface area contributed by atoms with Gasteiger partial charge in [-0.2, -0.15) is 11.6 Å². The molecule has 3 rings (SSSR count). The first kappa shape index (κ1) is 31.6. The molecule has 1 atom stereocenters. The van der Waals surface area contributed by atoms with Gasteiger partial charge in [-0.25, -0.2) is 12.1 Å². The van der Waals surface area contributed by atoms with Gasteiger partial charge < -0.3 is 37.2 Å². The molecule has 4 heteroatoms. The van der Waals surface area contributed by atoms with E-state index in [4.69, 9.17) is 0 Å². The summed E-state index contributed by atoms with van der Waals surface area (Å²) in [6, 6.07) is 20.9. The summed E-state index contributed by atoms with van der Waals surface area (Å²) in [5, 5.41) is 0. The second-order valence-electron chi connectivity index (χ2n) is 8.02. The Morgan fingerprint density at radius 3 is 1.50 bits per heavy atom. The van der Waals surface area contributed by atoms with Gasteiger partial charge in [0.15, 0.2) is 0 Å². The third-order valence-electron chi connectivity index (χ3n) is 5.49. The molecule has 3 aromatic carbocycles. The van der Waals surface area contributed by atoms with Crippen molar-refractivity contribution in [1.82, 2.24) is 0 Å². The predicted molar refractivity (Wildman–Crippen MR) is 114 cm³/mol. The van der Waals surface area contributed by atoms with Gasteiger partial charge in [-0.3, -0.25) is 0 Å². The van der Waals surface area contributed by atoms with Crippen LogP contribution < -0.4 is 37.2 Å². The van der Waals surface area contributed by atoms with E-state index in [1.807, 2.05) is 0 Å². The number of hydrogen-bond donors (Lipinski definition) is 0. The molecule has 0 aliphatic heterocycles. The van der Waals surface area contributed by atoms with E-state index < -0.39 is 0 Å². The van der Waals surface area contributed by atoms with Crippen LogP contribution in [0.1, 0.15) is 76.6 Å². The first-order chi connectivity index (χ1) is 12.4. The second kappa shape index (κ2) is 13.7. The van der Waals surface area contributed by atoms with Crippen LogP contribution in [0, 0.1) is 27.7 Å². The van der Waals surface area contributed by atoms with Crippen LogP contribution in [0.5, 0.6) is 0 Å². The van der Waals surface area contributed by atoms with Gasteiger partial charge in [0.05, 0.1) is 0 Å². The molecule has 0 fully saturated rings. The quantitative estimate of drug-likeness (QED) is 0.293. The first-order valence-corrected chi connectivity index (χ1v) is 9.81. The molecule has 3 aromatic rings. The van der Waals surface area contributed by atoms with Crippen molar-refractivity contribution in [2.24, 2.45) is 0 Å². The minimum absolute atomic E-state index is 0. The summed E-state index contributed by atoms with van der Waals surface area (Å²) >= 11 is 0. The molecule has 160 valence electrons. The average Bonchev–Trinajstić information content (AvgIpc) is 3.01. The summed E-state index contributed by atoms with van der Waals surface area (Å²) < 4.78 is 0. The Labute approximate surface area is 216 Å². The standard InChI is InChI=1S/C26H31.3ClH.Ti/c1-7-21(6)24-9-8-10-25(24)26(22-13-17(2)11-18(3)14-22)23-15-19(4)12-20(5)16-23;;;;/h8-16,21,26H,7H2,1-6H3;3*1H;/q-1;;;;+4/p-3. The van der Waals surface area contributed by atoms with Gasteiger partial charge in [0.1, 0.15) is 0 Å². The van der Waals surface area contributed by atoms with Gasteiger partial charge in [0.25, 0.3) is 0 Å². The van der Waals surface area contributed by atoms with Gasteiger partial charge in [-0.15, -0.1) is 5.56 Å². The fraction of sp³-hybridized carbons (Fsp3) is 0.346. The third kappa shape index (κ3) is 7.21. The van der Waals surface area contributed by atoms with Crippen molar-refractivity contribution in [3.63, 3.8) is 0 Å². The van der Waals surface area contributed by atoms with Crippen LogP contribution in [0.15, 0.2) is 54.6 Å². The molecule has 0 spiro atoms. The fourth-order valence-electron chi connectivity index (χ4n) is 4.28. The van der Waals surface area contributed by atoms with E-state index in [1.54, 1.807) is 0 Å². The van der Waals surface area contributed by atoms with E-state index in [0.29, 0.717) is 11.8 Å². The fourth-order valence-corrected chi connectivity index (χ4v) is 4.28. The van der Waals surface area contributed by atoms with E-state index >= 15 is 0 Å². The average molecular weight is 498 g/mol. The van der Waals surface area contributed by atoms with Crippen molar-refractivity contribution in [3.05, 3.63) is 99.1 Å². The monoisotopic (exact) mass is 496 g/mol. The molecule has 0 saturated heterocycles. The summed E-state index contributed by atoms with van der Waals surface area (Å²) in [6.07, 6.45) is 1.17. The molecular weight excluding hydrogens is 467 g/mol. The molecule has 1 unspecified atom stereocenters. The molecule has 0 amide bonds. The van der Waals surface area contributed by atoms with Crippen LogP contribution in [-0.4, -0.2) is 0 Å². The van der Waals surface area contributed by atoms with Gasteiger partial charge in [-0.1, -0.05) is 78.9 Å². The molecule has 0 saturated carbocycles. The summed E-state index contributed by atoms with van der Waals surface area (Å²) in [6.45, 7) is 13.4. The molecule has 0 nitrogen and oxygen atoms in total. The van der Waals surface area contributed by atoms with E-state index in [9.17, 15) is 0 Å². The predicted octanol–water partition coefficient (Wildman–Crippen LogP) is -1.66. The van der Waals surface area contributed by atoms with E-state index in [2.05, 4.69) is 96.1 Å². The summed E-state index contributed by atoms with van der Waals surface area (Å²) in [5.41, 5.74) is 11.1. The molecule has 0 bridgehead atoms. The molecular formula is C26H31Cl3Ti. The van der Waals surface area contributed by atoms with Crippen LogP contribution in [0.3, 0.4) is 0 Å². The Kier molecular flexibility index (Phi) is 14.4. The van der Waals surface area contributed by atoms with Crippen molar-refractivity contribution in [2.45, 2.75) is 59.8 Å². The second-order valence-corrected chi connectivity index (χ2v) is 8.02. The van der Waals surface area contributed by atoms with Crippen molar-refractivity contribution in [1.29, 1.82) is 0 Å². The van der Waals surface area contributed by atoms with Gasteiger partial charge >= 0.3 is 21.7 Å². The van der Waals surface area contributed by atoms with Crippen LogP contribution >= 0.6 is 0 Å². The van der Waals surface area contributed by atoms with Crippen molar-refractivity contribution >= 4 is 0 Å². The number of aryl methyl sites for hydroxylation is 4. The molecule has 0 aliphatic carbocycles. The normalized spacial score (nSPS) is 10.9. The van der Waals surface area contributed by atoms with Crippen molar-refractivity contribution < 1.29 is 58.9 Å². The zero-order valence-electron chi connectivity index (χ0n) is 18.7. The molecule has 0 heterocycles. The molecule has 0 aromatic heterocycles. The maximum atomic E-state index is 2.36. The van der Waals surface area contributed by atoms with Gasteiger partial charge in [-0.05, 0) is 50.7 Å². The summed E-state index contributed by atoms with van der Waals surface area (Å²) in [7, 11) is 0.